The lowest BCUT2D eigenvalue weighted by molar-refractivity contribution is -0.115. The van der Waals surface area contributed by atoms with Crippen LogP contribution in [0.25, 0.3) is 6.08 Å². The molecule has 0 radical (unpaired) electrons. The Morgan fingerprint density at radius 3 is 2.77 bits per heavy atom. The van der Waals surface area contributed by atoms with E-state index < -0.39 is 0 Å². The molecule has 3 rings (SSSR count). The summed E-state index contributed by atoms with van der Waals surface area (Å²) in [6.45, 7) is 0. The number of aliphatic imine (C=N–C) groups is 1. The van der Waals surface area contributed by atoms with Gasteiger partial charge in [0.25, 0.3) is 5.91 Å². The van der Waals surface area contributed by atoms with Gasteiger partial charge >= 0.3 is 0 Å². The standard InChI is InChI=1S/C16H10ClFN2OS/c17-11-4-2-6-13(9-11)19-16-20-15(21)14(22-16)8-10-3-1-5-12(18)7-10/h1-9H,(H,19,20,21)/b14-8+. The van der Waals surface area contributed by atoms with Crippen LogP contribution in [-0.4, -0.2) is 11.1 Å². The predicted molar refractivity (Wildman–Crippen MR) is 88.7 cm³/mol. The average Bonchev–Trinajstić information content (AvgIpc) is 2.79. The average molecular weight is 333 g/mol. The summed E-state index contributed by atoms with van der Waals surface area (Å²) in [6.07, 6.45) is 1.63. The first-order chi connectivity index (χ1) is 10.6. The largest absolute Gasteiger partial charge is 0.300 e. The van der Waals surface area contributed by atoms with E-state index in [0.29, 0.717) is 26.3 Å². The van der Waals surface area contributed by atoms with Crippen molar-refractivity contribution in [1.82, 2.24) is 5.32 Å². The third-order valence-electron chi connectivity index (χ3n) is 2.84. The van der Waals surface area contributed by atoms with E-state index in [4.69, 9.17) is 11.6 Å². The second-order valence-corrected chi connectivity index (χ2v) is 5.98. The summed E-state index contributed by atoms with van der Waals surface area (Å²) >= 11 is 7.10. The highest BCUT2D eigenvalue weighted by Gasteiger charge is 2.23. The van der Waals surface area contributed by atoms with E-state index in [9.17, 15) is 9.18 Å². The minimum atomic E-state index is -0.342. The molecule has 1 heterocycles. The van der Waals surface area contributed by atoms with E-state index in [1.54, 1.807) is 42.5 Å². The first kappa shape index (κ1) is 14.8. The lowest BCUT2D eigenvalue weighted by atomic mass is 10.2. The molecule has 1 aliphatic heterocycles. The minimum absolute atomic E-state index is 0.255. The molecule has 0 spiro atoms. The normalized spacial score (nSPS) is 18.0. The molecule has 1 aliphatic rings. The Morgan fingerprint density at radius 1 is 1.18 bits per heavy atom. The maximum absolute atomic E-state index is 13.2. The van der Waals surface area contributed by atoms with Gasteiger partial charge in [-0.1, -0.05) is 29.8 Å². The highest BCUT2D eigenvalue weighted by Crippen LogP contribution is 2.28. The van der Waals surface area contributed by atoms with Crippen molar-refractivity contribution in [3.63, 3.8) is 0 Å². The monoisotopic (exact) mass is 332 g/mol. The van der Waals surface area contributed by atoms with Gasteiger partial charge in [-0.25, -0.2) is 9.38 Å². The summed E-state index contributed by atoms with van der Waals surface area (Å²) in [5, 5.41) is 3.72. The number of nitrogens with zero attached hydrogens (tertiary/aromatic N) is 1. The Labute approximate surface area is 135 Å². The van der Waals surface area contributed by atoms with Gasteiger partial charge in [-0.3, -0.25) is 4.79 Å². The first-order valence-corrected chi connectivity index (χ1v) is 7.60. The smallest absolute Gasteiger partial charge is 0.264 e. The zero-order chi connectivity index (χ0) is 15.5. The molecular weight excluding hydrogens is 323 g/mol. The highest BCUT2D eigenvalue weighted by atomic mass is 35.5. The maximum Gasteiger partial charge on any atom is 0.264 e. The van der Waals surface area contributed by atoms with Gasteiger partial charge in [-0.15, -0.1) is 0 Å². The van der Waals surface area contributed by atoms with Gasteiger partial charge in [0.05, 0.1) is 10.6 Å². The molecule has 110 valence electrons. The third-order valence-corrected chi connectivity index (χ3v) is 3.98. The SMILES string of the molecule is O=C1NC(=Nc2cccc(Cl)c2)S/C1=C/c1cccc(F)c1. The van der Waals surface area contributed by atoms with E-state index in [2.05, 4.69) is 10.3 Å². The third kappa shape index (κ3) is 3.55. The molecule has 0 aliphatic carbocycles. The van der Waals surface area contributed by atoms with Crippen LogP contribution >= 0.6 is 23.4 Å². The van der Waals surface area contributed by atoms with Gasteiger partial charge in [0, 0.05) is 5.02 Å². The Hall–Kier alpha value is -2.11. The van der Waals surface area contributed by atoms with Crippen LogP contribution in [0.5, 0.6) is 0 Å². The summed E-state index contributed by atoms with van der Waals surface area (Å²) < 4.78 is 13.2. The summed E-state index contributed by atoms with van der Waals surface area (Å²) in [6, 6.07) is 13.1. The number of benzene rings is 2. The lowest BCUT2D eigenvalue weighted by Crippen LogP contribution is -2.19. The molecular formula is C16H10ClFN2OS. The molecule has 0 unspecified atom stereocenters. The molecule has 1 N–H and O–H groups in total. The molecule has 22 heavy (non-hydrogen) atoms. The van der Waals surface area contributed by atoms with E-state index in [1.165, 1.54) is 23.9 Å². The molecule has 3 nitrogen and oxygen atoms in total. The summed E-state index contributed by atoms with van der Waals surface area (Å²) in [4.78, 5) is 16.7. The van der Waals surface area contributed by atoms with E-state index in [-0.39, 0.29) is 11.7 Å². The molecule has 1 amide bonds. The Balaban J connectivity index is 1.84. The van der Waals surface area contributed by atoms with Crippen LogP contribution in [0.15, 0.2) is 58.4 Å². The zero-order valence-corrected chi connectivity index (χ0v) is 12.8. The van der Waals surface area contributed by atoms with Crippen LogP contribution in [0, 0.1) is 5.82 Å². The number of halogens is 2. The number of hydrogen-bond donors (Lipinski definition) is 1. The van der Waals surface area contributed by atoms with E-state index >= 15 is 0 Å². The fourth-order valence-corrected chi connectivity index (χ4v) is 2.92. The van der Waals surface area contributed by atoms with Gasteiger partial charge in [-0.05, 0) is 53.7 Å². The van der Waals surface area contributed by atoms with Crippen LogP contribution < -0.4 is 5.32 Å². The van der Waals surface area contributed by atoms with Gasteiger partial charge in [0.15, 0.2) is 5.17 Å². The van der Waals surface area contributed by atoms with Gasteiger partial charge in [0.1, 0.15) is 5.82 Å². The maximum atomic E-state index is 13.2. The van der Waals surface area contributed by atoms with Crippen molar-refractivity contribution in [2.75, 3.05) is 0 Å². The summed E-state index contributed by atoms with van der Waals surface area (Å²) in [5.74, 6) is -0.597. The van der Waals surface area contributed by atoms with Crippen molar-refractivity contribution < 1.29 is 9.18 Å². The molecule has 1 fully saturated rings. The van der Waals surface area contributed by atoms with Crippen molar-refractivity contribution in [1.29, 1.82) is 0 Å². The van der Waals surface area contributed by atoms with Crippen molar-refractivity contribution >= 4 is 46.2 Å². The van der Waals surface area contributed by atoms with Gasteiger partial charge in [0.2, 0.25) is 0 Å². The topological polar surface area (TPSA) is 41.5 Å². The fourth-order valence-electron chi connectivity index (χ4n) is 1.89. The van der Waals surface area contributed by atoms with Crippen LogP contribution in [0.4, 0.5) is 10.1 Å². The molecule has 0 saturated carbocycles. The number of carbonyl (C=O) groups excluding carboxylic acids is 1. The van der Waals surface area contributed by atoms with E-state index in [0.717, 1.165) is 0 Å². The first-order valence-electron chi connectivity index (χ1n) is 6.41. The molecule has 0 bridgehead atoms. The van der Waals surface area contributed by atoms with Crippen LogP contribution in [-0.2, 0) is 4.79 Å². The number of carbonyl (C=O) groups is 1. The lowest BCUT2D eigenvalue weighted by Gasteiger charge is -1.96. The number of rotatable bonds is 2. The predicted octanol–water partition coefficient (Wildman–Crippen LogP) is 4.37. The molecule has 6 heteroatoms. The second-order valence-electron chi connectivity index (χ2n) is 4.52. The van der Waals surface area contributed by atoms with Crippen molar-refractivity contribution in [3.8, 4) is 0 Å². The zero-order valence-electron chi connectivity index (χ0n) is 11.2. The number of amides is 1. The van der Waals surface area contributed by atoms with Gasteiger partial charge in [-0.2, -0.15) is 0 Å². The van der Waals surface area contributed by atoms with Crippen molar-refractivity contribution in [2.24, 2.45) is 4.99 Å². The number of hydrogen-bond acceptors (Lipinski definition) is 3. The number of nitrogens with one attached hydrogen (secondary N) is 1. The Kier molecular flexibility index (Phi) is 4.27. The van der Waals surface area contributed by atoms with Crippen molar-refractivity contribution in [3.05, 3.63) is 69.8 Å². The molecule has 0 aromatic heterocycles. The van der Waals surface area contributed by atoms with Crippen molar-refractivity contribution in [2.45, 2.75) is 0 Å². The molecule has 1 saturated heterocycles. The summed E-state index contributed by atoms with van der Waals surface area (Å²) in [5.41, 5.74) is 1.28. The summed E-state index contributed by atoms with van der Waals surface area (Å²) in [7, 11) is 0. The van der Waals surface area contributed by atoms with Crippen LogP contribution in [0.3, 0.4) is 0 Å². The quantitative estimate of drug-likeness (QED) is 0.830. The van der Waals surface area contributed by atoms with Crippen LogP contribution in [0.1, 0.15) is 5.56 Å². The van der Waals surface area contributed by atoms with Gasteiger partial charge < -0.3 is 5.32 Å². The molecule has 0 atom stereocenters. The number of amidine groups is 1. The van der Waals surface area contributed by atoms with E-state index in [1.807, 2.05) is 0 Å². The molecule has 2 aromatic carbocycles. The second kappa shape index (κ2) is 6.34. The number of thioether (sulfide) groups is 1. The Morgan fingerprint density at radius 2 is 2.00 bits per heavy atom. The Bertz CT molecular complexity index is 804. The minimum Gasteiger partial charge on any atom is -0.300 e. The fraction of sp³-hybridized carbons (Fsp3) is 0. The highest BCUT2D eigenvalue weighted by molar-refractivity contribution is 8.18. The van der Waals surface area contributed by atoms with Crippen LogP contribution in [0.2, 0.25) is 5.02 Å². The molecule has 2 aromatic rings.